The van der Waals surface area contributed by atoms with Crippen molar-refractivity contribution in [1.29, 1.82) is 0 Å². The fourth-order valence-corrected chi connectivity index (χ4v) is 1.66. The van der Waals surface area contributed by atoms with Gasteiger partial charge >= 0.3 is 16.2 Å². The van der Waals surface area contributed by atoms with Crippen molar-refractivity contribution in [1.82, 2.24) is 4.90 Å². The molecule has 1 unspecified atom stereocenters. The minimum absolute atomic E-state index is 0.465. The van der Waals surface area contributed by atoms with Crippen molar-refractivity contribution in [2.24, 2.45) is 0 Å². The number of imide groups is 3. The molecule has 0 aromatic carbocycles. The molecule has 1 saturated heterocycles. The van der Waals surface area contributed by atoms with Gasteiger partial charge in [-0.05, 0) is 0 Å². The van der Waals surface area contributed by atoms with Crippen LogP contribution in [0, 0.1) is 0 Å². The van der Waals surface area contributed by atoms with Crippen LogP contribution in [0.4, 0.5) is 4.79 Å². The number of hydrogen-bond acceptors (Lipinski definition) is 6. The Morgan fingerprint density at radius 3 is 2.07 bits per heavy atom. The highest BCUT2D eigenvalue weighted by atomic mass is 32.2. The molecule has 3 N–H and O–H groups in total. The third kappa shape index (κ3) is 1.48. The number of amides is 3. The maximum Gasteiger partial charge on any atom is 0.421 e. The molecule has 0 aliphatic carbocycles. The van der Waals surface area contributed by atoms with Crippen LogP contribution in [0.2, 0.25) is 0 Å². The molecule has 15 heavy (non-hydrogen) atoms. The average molecular weight is 239 g/mol. The summed E-state index contributed by atoms with van der Waals surface area (Å²) in [7, 11) is -5.27. The van der Waals surface area contributed by atoms with Gasteiger partial charge in [0.15, 0.2) is 0 Å². The van der Waals surface area contributed by atoms with E-state index in [-0.39, 0.29) is 0 Å². The van der Waals surface area contributed by atoms with Gasteiger partial charge in [0, 0.05) is 0 Å². The molecular formula is C5H5NO8S. The first-order chi connectivity index (χ1) is 6.61. The van der Waals surface area contributed by atoms with Crippen molar-refractivity contribution in [3.05, 3.63) is 0 Å². The molecule has 10 heteroatoms. The summed E-state index contributed by atoms with van der Waals surface area (Å²) in [6.45, 7) is 0. The molecule has 1 atom stereocenters. The summed E-state index contributed by atoms with van der Waals surface area (Å²) in [6, 6.07) is 0. The lowest BCUT2D eigenvalue weighted by Crippen LogP contribution is -2.47. The van der Waals surface area contributed by atoms with E-state index in [1.807, 2.05) is 0 Å². The van der Waals surface area contributed by atoms with Gasteiger partial charge in [-0.2, -0.15) is 13.3 Å². The zero-order chi connectivity index (χ0) is 12.0. The number of nitrogens with zero attached hydrogens (tertiary/aromatic N) is 1. The van der Waals surface area contributed by atoms with E-state index >= 15 is 0 Å². The number of likely N-dealkylation sites (tertiary alicyclic amines) is 1. The maximum atomic E-state index is 11.1. The van der Waals surface area contributed by atoms with E-state index in [9.17, 15) is 27.9 Å². The van der Waals surface area contributed by atoms with Gasteiger partial charge in [0.1, 0.15) is 0 Å². The van der Waals surface area contributed by atoms with Gasteiger partial charge in [0.2, 0.25) is 5.91 Å². The first kappa shape index (κ1) is 11.6. The van der Waals surface area contributed by atoms with E-state index in [1.54, 1.807) is 0 Å². The zero-order valence-corrected chi connectivity index (χ0v) is 7.76. The lowest BCUT2D eigenvalue weighted by Gasteiger charge is -2.14. The summed E-state index contributed by atoms with van der Waals surface area (Å²) in [6.07, 6.45) is -3.35. The smallest absolute Gasteiger partial charge is 0.421 e. The molecule has 1 aliphatic heterocycles. The number of carbonyl (C=O) groups is 3. The van der Waals surface area contributed by atoms with Gasteiger partial charge < -0.3 is 10.2 Å². The summed E-state index contributed by atoms with van der Waals surface area (Å²) in [5, 5.41) is 17.5. The van der Waals surface area contributed by atoms with Crippen molar-refractivity contribution in [2.45, 2.75) is 11.4 Å². The lowest BCUT2D eigenvalue weighted by molar-refractivity contribution is -0.139. The van der Waals surface area contributed by atoms with Crippen LogP contribution in [-0.2, 0) is 19.7 Å². The fourth-order valence-electron chi connectivity index (χ4n) is 1.04. The van der Waals surface area contributed by atoms with Crippen LogP contribution in [0.15, 0.2) is 0 Å². The number of carbonyl (C=O) groups excluding carboxylic acids is 2. The molecule has 1 rings (SSSR count). The van der Waals surface area contributed by atoms with Crippen LogP contribution in [-0.4, -0.2) is 50.9 Å². The van der Waals surface area contributed by atoms with Crippen molar-refractivity contribution >= 4 is 28.0 Å². The van der Waals surface area contributed by atoms with Crippen LogP contribution in [0.1, 0.15) is 6.42 Å². The van der Waals surface area contributed by atoms with E-state index in [1.165, 1.54) is 0 Å². The number of rotatable bonds is 1. The molecule has 9 nitrogen and oxygen atoms in total. The predicted molar refractivity (Wildman–Crippen MR) is 41.0 cm³/mol. The molecule has 0 spiro atoms. The quantitative estimate of drug-likeness (QED) is 0.351. The minimum atomic E-state index is -5.27. The molecule has 0 aromatic rings. The molecule has 0 saturated carbocycles. The third-order valence-corrected chi connectivity index (χ3v) is 2.97. The van der Waals surface area contributed by atoms with Gasteiger partial charge in [-0.1, -0.05) is 0 Å². The van der Waals surface area contributed by atoms with E-state index in [0.717, 1.165) is 0 Å². The van der Waals surface area contributed by atoms with Gasteiger partial charge in [-0.3, -0.25) is 14.1 Å². The summed E-state index contributed by atoms with van der Waals surface area (Å²) in [5.74, 6) is -3.32. The van der Waals surface area contributed by atoms with Gasteiger partial charge in [0.05, 0.1) is 6.42 Å². The molecule has 0 aromatic heterocycles. The lowest BCUT2D eigenvalue weighted by atomic mass is 10.3. The van der Waals surface area contributed by atoms with Crippen LogP contribution in [0.5, 0.6) is 0 Å². The molecule has 1 aliphatic rings. The number of carboxylic acid groups (broad SMARTS) is 1. The molecule has 0 bridgehead atoms. The van der Waals surface area contributed by atoms with Crippen molar-refractivity contribution in [3.8, 4) is 0 Å². The Morgan fingerprint density at radius 1 is 1.40 bits per heavy atom. The van der Waals surface area contributed by atoms with Crippen LogP contribution in [0.3, 0.4) is 0 Å². The summed E-state index contributed by atoms with van der Waals surface area (Å²) in [4.78, 5) is 28.4. The highest BCUT2D eigenvalue weighted by Crippen LogP contribution is 2.28. The Kier molecular flexibility index (Phi) is 2.30. The molecule has 1 fully saturated rings. The first-order valence-corrected chi connectivity index (χ1v) is 4.85. The Hall–Kier alpha value is -1.52. The van der Waals surface area contributed by atoms with E-state index < -0.39 is 44.3 Å². The molecule has 3 amide bonds. The predicted octanol–water partition coefficient (Wildman–Crippen LogP) is -2.00. The maximum absolute atomic E-state index is 11.1. The standard InChI is InChI=1S/C5H5NO8S/c7-2-1-5(11,15(12,13)14)3(8)6(2)4(9)10/h11H,1H2,(H,9,10)(H,12,13,14). The highest BCUT2D eigenvalue weighted by molar-refractivity contribution is 7.88. The molecule has 0 radical (unpaired) electrons. The molecule has 84 valence electrons. The number of hydrogen-bond donors (Lipinski definition) is 3. The second-order valence-electron chi connectivity index (χ2n) is 2.75. The summed E-state index contributed by atoms with van der Waals surface area (Å²) >= 11 is 0. The van der Waals surface area contributed by atoms with E-state index in [0.29, 0.717) is 0 Å². The number of aliphatic hydroxyl groups is 1. The van der Waals surface area contributed by atoms with Crippen molar-refractivity contribution in [2.75, 3.05) is 0 Å². The minimum Gasteiger partial charge on any atom is -0.464 e. The Labute approximate surface area is 82.7 Å². The Morgan fingerprint density at radius 2 is 1.87 bits per heavy atom. The van der Waals surface area contributed by atoms with Gasteiger partial charge in [0.25, 0.3) is 10.8 Å². The second-order valence-corrected chi connectivity index (χ2v) is 4.38. The monoisotopic (exact) mass is 239 g/mol. The van der Waals surface area contributed by atoms with E-state index in [4.69, 9.17) is 9.66 Å². The third-order valence-electron chi connectivity index (χ3n) is 1.80. The fraction of sp³-hybridized carbons (Fsp3) is 0.400. The average Bonchev–Trinajstić information content (AvgIpc) is 2.22. The van der Waals surface area contributed by atoms with Gasteiger partial charge in [-0.25, -0.2) is 4.79 Å². The molecule has 1 heterocycles. The Bertz CT molecular complexity index is 452. The molecular weight excluding hydrogens is 234 g/mol. The van der Waals surface area contributed by atoms with Crippen molar-refractivity contribution in [3.63, 3.8) is 0 Å². The topological polar surface area (TPSA) is 149 Å². The summed E-state index contributed by atoms with van der Waals surface area (Å²) < 4.78 is 29.7. The first-order valence-electron chi connectivity index (χ1n) is 3.41. The van der Waals surface area contributed by atoms with Gasteiger partial charge in [-0.15, -0.1) is 0 Å². The summed E-state index contributed by atoms with van der Waals surface area (Å²) in [5.41, 5.74) is 0. The second kappa shape index (κ2) is 2.98. The zero-order valence-electron chi connectivity index (χ0n) is 6.95. The Balaban J connectivity index is 3.29. The largest absolute Gasteiger partial charge is 0.464 e. The van der Waals surface area contributed by atoms with Crippen LogP contribution in [0.25, 0.3) is 0 Å². The highest BCUT2D eigenvalue weighted by Gasteiger charge is 2.61. The normalized spacial score (nSPS) is 27.2. The van der Waals surface area contributed by atoms with E-state index in [2.05, 4.69) is 0 Å². The van der Waals surface area contributed by atoms with Crippen LogP contribution < -0.4 is 0 Å². The SMILES string of the molecule is O=C(O)N1C(=O)CC(O)(S(=O)(=O)O)C1=O. The van der Waals surface area contributed by atoms with Crippen LogP contribution >= 0.6 is 0 Å². The van der Waals surface area contributed by atoms with Crippen molar-refractivity contribution < 1.29 is 37.6 Å².